The minimum atomic E-state index is 0.424. The molecule has 0 saturated carbocycles. The van der Waals surface area contributed by atoms with E-state index in [-0.39, 0.29) is 0 Å². The SMILES string of the molecule is CCCNc1nc(-c2sccc2C)nc(C)c1C(C)C. The standard InChI is InChI=1S/C16H23N3S/c1-6-8-17-15-13(10(2)3)12(5)18-16(19-15)14-11(4)7-9-20-14/h7,9-10H,6,8H2,1-5H3,(H,17,18,19). The van der Waals surface area contributed by atoms with Crippen molar-refractivity contribution < 1.29 is 0 Å². The number of anilines is 1. The van der Waals surface area contributed by atoms with Crippen LogP contribution < -0.4 is 5.32 Å². The van der Waals surface area contributed by atoms with Crippen molar-refractivity contribution in [2.75, 3.05) is 11.9 Å². The summed E-state index contributed by atoms with van der Waals surface area (Å²) in [6, 6.07) is 2.12. The number of hydrogen-bond acceptors (Lipinski definition) is 4. The number of rotatable bonds is 5. The summed E-state index contributed by atoms with van der Waals surface area (Å²) in [6.07, 6.45) is 1.09. The summed E-state index contributed by atoms with van der Waals surface area (Å²) in [5.41, 5.74) is 3.56. The Labute approximate surface area is 125 Å². The molecule has 3 nitrogen and oxygen atoms in total. The highest BCUT2D eigenvalue weighted by molar-refractivity contribution is 7.13. The fourth-order valence-electron chi connectivity index (χ4n) is 2.35. The molecular formula is C16H23N3S. The quantitative estimate of drug-likeness (QED) is 0.861. The van der Waals surface area contributed by atoms with Crippen LogP contribution >= 0.6 is 11.3 Å². The summed E-state index contributed by atoms with van der Waals surface area (Å²) in [6.45, 7) is 11.7. The van der Waals surface area contributed by atoms with Crippen molar-refractivity contribution in [3.05, 3.63) is 28.3 Å². The lowest BCUT2D eigenvalue weighted by molar-refractivity contribution is 0.827. The third-order valence-electron chi connectivity index (χ3n) is 3.32. The lowest BCUT2D eigenvalue weighted by Gasteiger charge is -2.17. The van der Waals surface area contributed by atoms with Gasteiger partial charge in [0.25, 0.3) is 0 Å². The van der Waals surface area contributed by atoms with Crippen LogP contribution in [0.4, 0.5) is 5.82 Å². The average Bonchev–Trinajstić information content (AvgIpc) is 2.81. The highest BCUT2D eigenvalue weighted by Crippen LogP contribution is 2.31. The van der Waals surface area contributed by atoms with E-state index < -0.39 is 0 Å². The highest BCUT2D eigenvalue weighted by atomic mass is 32.1. The number of thiophene rings is 1. The first-order valence-electron chi connectivity index (χ1n) is 7.21. The molecular weight excluding hydrogens is 266 g/mol. The number of aryl methyl sites for hydroxylation is 2. The molecule has 4 heteroatoms. The van der Waals surface area contributed by atoms with Crippen molar-refractivity contribution in [1.29, 1.82) is 0 Å². The van der Waals surface area contributed by atoms with E-state index in [2.05, 4.69) is 51.4 Å². The van der Waals surface area contributed by atoms with Crippen LogP contribution in [0.15, 0.2) is 11.4 Å². The monoisotopic (exact) mass is 289 g/mol. The fourth-order valence-corrected chi connectivity index (χ4v) is 3.21. The van der Waals surface area contributed by atoms with Crippen LogP contribution in [0.25, 0.3) is 10.7 Å². The lowest BCUT2D eigenvalue weighted by atomic mass is 10.0. The Hall–Kier alpha value is -1.42. The second-order valence-corrected chi connectivity index (χ2v) is 6.33. The molecule has 2 rings (SSSR count). The van der Waals surface area contributed by atoms with Crippen LogP contribution in [-0.2, 0) is 0 Å². The van der Waals surface area contributed by atoms with E-state index in [9.17, 15) is 0 Å². The van der Waals surface area contributed by atoms with Crippen molar-refractivity contribution in [2.24, 2.45) is 0 Å². The van der Waals surface area contributed by atoms with Gasteiger partial charge in [0.1, 0.15) is 5.82 Å². The summed E-state index contributed by atoms with van der Waals surface area (Å²) in [7, 11) is 0. The molecule has 0 aliphatic rings. The van der Waals surface area contributed by atoms with Gasteiger partial charge < -0.3 is 5.32 Å². The van der Waals surface area contributed by atoms with Gasteiger partial charge in [0, 0.05) is 17.8 Å². The van der Waals surface area contributed by atoms with E-state index in [0.29, 0.717) is 5.92 Å². The van der Waals surface area contributed by atoms with Crippen LogP contribution in [-0.4, -0.2) is 16.5 Å². The molecule has 0 aromatic carbocycles. The predicted octanol–water partition coefficient (Wildman–Crippen LogP) is 4.77. The molecule has 0 aliphatic heterocycles. The van der Waals surface area contributed by atoms with Gasteiger partial charge in [0.15, 0.2) is 5.82 Å². The van der Waals surface area contributed by atoms with Gasteiger partial charge in [-0.1, -0.05) is 20.8 Å². The van der Waals surface area contributed by atoms with Crippen molar-refractivity contribution in [2.45, 2.75) is 47.0 Å². The van der Waals surface area contributed by atoms with E-state index in [1.54, 1.807) is 11.3 Å². The van der Waals surface area contributed by atoms with Crippen molar-refractivity contribution >= 4 is 17.2 Å². The van der Waals surface area contributed by atoms with Gasteiger partial charge in [-0.05, 0) is 43.2 Å². The zero-order chi connectivity index (χ0) is 14.7. The van der Waals surface area contributed by atoms with E-state index in [0.717, 1.165) is 30.3 Å². The maximum atomic E-state index is 4.78. The Morgan fingerprint density at radius 2 is 2.00 bits per heavy atom. The Morgan fingerprint density at radius 3 is 2.55 bits per heavy atom. The topological polar surface area (TPSA) is 37.8 Å². The van der Waals surface area contributed by atoms with Crippen molar-refractivity contribution in [3.63, 3.8) is 0 Å². The lowest BCUT2D eigenvalue weighted by Crippen LogP contribution is -2.10. The minimum absolute atomic E-state index is 0.424. The summed E-state index contributed by atoms with van der Waals surface area (Å²) in [4.78, 5) is 10.7. The molecule has 0 atom stereocenters. The molecule has 0 saturated heterocycles. The zero-order valence-corrected chi connectivity index (χ0v) is 13.8. The van der Waals surface area contributed by atoms with Crippen LogP contribution in [0.5, 0.6) is 0 Å². The second kappa shape index (κ2) is 6.35. The molecule has 0 unspecified atom stereocenters. The first-order valence-corrected chi connectivity index (χ1v) is 8.09. The Morgan fingerprint density at radius 1 is 1.25 bits per heavy atom. The van der Waals surface area contributed by atoms with Gasteiger partial charge in [0.2, 0.25) is 0 Å². The van der Waals surface area contributed by atoms with Crippen LogP contribution in [0.3, 0.4) is 0 Å². The van der Waals surface area contributed by atoms with Crippen molar-refractivity contribution in [1.82, 2.24) is 9.97 Å². The maximum Gasteiger partial charge on any atom is 0.172 e. The first-order chi connectivity index (χ1) is 9.54. The van der Waals surface area contributed by atoms with Crippen LogP contribution in [0, 0.1) is 13.8 Å². The largest absolute Gasteiger partial charge is 0.370 e. The van der Waals surface area contributed by atoms with E-state index in [4.69, 9.17) is 9.97 Å². The van der Waals surface area contributed by atoms with Gasteiger partial charge in [-0.2, -0.15) is 0 Å². The smallest absolute Gasteiger partial charge is 0.172 e. The van der Waals surface area contributed by atoms with E-state index in [1.807, 2.05) is 0 Å². The summed E-state index contributed by atoms with van der Waals surface area (Å²) in [5.74, 6) is 2.27. The Bertz CT molecular complexity index is 587. The summed E-state index contributed by atoms with van der Waals surface area (Å²) >= 11 is 1.71. The molecule has 0 spiro atoms. The first kappa shape index (κ1) is 15.0. The second-order valence-electron chi connectivity index (χ2n) is 5.41. The van der Waals surface area contributed by atoms with Crippen molar-refractivity contribution in [3.8, 4) is 10.7 Å². The maximum absolute atomic E-state index is 4.78. The fraction of sp³-hybridized carbons (Fsp3) is 0.500. The van der Waals surface area contributed by atoms with E-state index >= 15 is 0 Å². The van der Waals surface area contributed by atoms with Gasteiger partial charge in [0.05, 0.1) is 4.88 Å². The number of aromatic nitrogens is 2. The minimum Gasteiger partial charge on any atom is -0.370 e. The predicted molar refractivity (Wildman–Crippen MR) is 87.7 cm³/mol. The van der Waals surface area contributed by atoms with Crippen LogP contribution in [0.2, 0.25) is 0 Å². The third kappa shape index (κ3) is 3.01. The van der Waals surface area contributed by atoms with Gasteiger partial charge >= 0.3 is 0 Å². The molecule has 0 fully saturated rings. The molecule has 2 aromatic rings. The molecule has 0 radical (unpaired) electrons. The van der Waals surface area contributed by atoms with E-state index in [1.165, 1.54) is 16.0 Å². The zero-order valence-electron chi connectivity index (χ0n) is 12.9. The molecule has 2 heterocycles. The summed E-state index contributed by atoms with van der Waals surface area (Å²) in [5, 5.41) is 5.56. The number of hydrogen-bond donors (Lipinski definition) is 1. The summed E-state index contributed by atoms with van der Waals surface area (Å²) < 4.78 is 0. The Balaban J connectivity index is 2.51. The highest BCUT2D eigenvalue weighted by Gasteiger charge is 2.16. The van der Waals surface area contributed by atoms with Gasteiger partial charge in [-0.25, -0.2) is 9.97 Å². The average molecular weight is 289 g/mol. The molecule has 0 aliphatic carbocycles. The Kier molecular flexibility index (Phi) is 4.76. The van der Waals surface area contributed by atoms with Gasteiger partial charge in [-0.15, -0.1) is 11.3 Å². The molecule has 0 amide bonds. The molecule has 1 N–H and O–H groups in total. The van der Waals surface area contributed by atoms with Gasteiger partial charge in [-0.3, -0.25) is 0 Å². The molecule has 0 bridgehead atoms. The molecule has 2 aromatic heterocycles. The number of nitrogens with zero attached hydrogens (tertiary/aromatic N) is 2. The third-order valence-corrected chi connectivity index (χ3v) is 4.33. The molecule has 20 heavy (non-hydrogen) atoms. The normalized spacial score (nSPS) is 11.1. The molecule has 108 valence electrons. The van der Waals surface area contributed by atoms with Crippen LogP contribution in [0.1, 0.15) is 49.9 Å². The number of nitrogens with one attached hydrogen (secondary N) is 1.